The van der Waals surface area contributed by atoms with Gasteiger partial charge in [0.15, 0.2) is 0 Å². The Hall–Kier alpha value is -0.710. The molecule has 0 amide bonds. The van der Waals surface area contributed by atoms with Gasteiger partial charge in [-0.2, -0.15) is 0 Å². The van der Waals surface area contributed by atoms with Crippen LogP contribution in [-0.4, -0.2) is 25.2 Å². The van der Waals surface area contributed by atoms with E-state index < -0.39 is 0 Å². The van der Waals surface area contributed by atoms with Gasteiger partial charge in [-0.3, -0.25) is 0 Å². The molecule has 1 saturated carbocycles. The smallest absolute Gasteiger partial charge is 0.147 e. The van der Waals surface area contributed by atoms with E-state index in [1.54, 1.807) is 13.2 Å². The van der Waals surface area contributed by atoms with E-state index in [9.17, 15) is 0 Å². The summed E-state index contributed by atoms with van der Waals surface area (Å²) in [5, 5.41) is 4.13. The number of ether oxygens (including phenoxy) is 1. The van der Waals surface area contributed by atoms with Gasteiger partial charge in [-0.15, -0.1) is 0 Å². The Labute approximate surface area is 117 Å². The Bertz CT molecular complexity index is 436. The monoisotopic (exact) mass is 289 g/mol. The molecule has 0 atom stereocenters. The van der Waals surface area contributed by atoms with E-state index in [-0.39, 0.29) is 0 Å². The van der Waals surface area contributed by atoms with Crippen LogP contribution < -0.4 is 11.1 Å². The standard InChI is InChI=1S/C12H17Cl2N3O/c1-18-5-4-12(2-3-12)7-16-11-9(14)6-8(13)10(15)17-11/h6H,2-5,7H2,1H3,(H3,15,16,17). The van der Waals surface area contributed by atoms with Crippen LogP contribution in [0.15, 0.2) is 6.07 Å². The molecular weight excluding hydrogens is 273 g/mol. The van der Waals surface area contributed by atoms with Crippen LogP contribution in [0, 0.1) is 5.41 Å². The van der Waals surface area contributed by atoms with Crippen molar-refractivity contribution < 1.29 is 4.74 Å². The summed E-state index contributed by atoms with van der Waals surface area (Å²) in [6.45, 7) is 1.62. The summed E-state index contributed by atoms with van der Waals surface area (Å²) >= 11 is 11.9. The third-order valence-corrected chi connectivity index (χ3v) is 3.97. The van der Waals surface area contributed by atoms with Gasteiger partial charge in [0.05, 0.1) is 10.0 Å². The maximum atomic E-state index is 6.07. The van der Waals surface area contributed by atoms with Gasteiger partial charge in [0, 0.05) is 20.3 Å². The van der Waals surface area contributed by atoms with E-state index in [0.29, 0.717) is 27.1 Å². The van der Waals surface area contributed by atoms with Crippen molar-refractivity contribution in [2.75, 3.05) is 31.3 Å². The average molecular weight is 290 g/mol. The summed E-state index contributed by atoms with van der Waals surface area (Å²) in [5.41, 5.74) is 5.99. The number of methoxy groups -OCH3 is 1. The molecule has 3 N–H and O–H groups in total. The Morgan fingerprint density at radius 2 is 2.17 bits per heavy atom. The summed E-state index contributed by atoms with van der Waals surface area (Å²) in [5.74, 6) is 0.896. The Morgan fingerprint density at radius 1 is 1.44 bits per heavy atom. The third-order valence-electron chi connectivity index (χ3n) is 3.38. The van der Waals surface area contributed by atoms with E-state index in [1.807, 2.05) is 0 Å². The first-order valence-electron chi connectivity index (χ1n) is 5.91. The maximum Gasteiger partial charge on any atom is 0.147 e. The number of anilines is 2. The van der Waals surface area contributed by atoms with Gasteiger partial charge in [-0.1, -0.05) is 23.2 Å². The molecule has 1 aliphatic carbocycles. The molecule has 4 nitrogen and oxygen atoms in total. The summed E-state index contributed by atoms with van der Waals surface area (Å²) in [6, 6.07) is 1.61. The summed E-state index contributed by atoms with van der Waals surface area (Å²) in [7, 11) is 1.72. The average Bonchev–Trinajstić information content (AvgIpc) is 3.10. The first-order valence-corrected chi connectivity index (χ1v) is 6.66. The first-order chi connectivity index (χ1) is 8.56. The Morgan fingerprint density at radius 3 is 2.78 bits per heavy atom. The van der Waals surface area contributed by atoms with Crippen molar-refractivity contribution in [2.45, 2.75) is 19.3 Å². The molecule has 0 aromatic carbocycles. The molecule has 1 fully saturated rings. The lowest BCUT2D eigenvalue weighted by molar-refractivity contribution is 0.175. The van der Waals surface area contributed by atoms with Crippen LogP contribution >= 0.6 is 23.2 Å². The van der Waals surface area contributed by atoms with Gasteiger partial charge in [-0.05, 0) is 30.7 Å². The molecule has 1 aromatic rings. The fraction of sp³-hybridized carbons (Fsp3) is 0.583. The second kappa shape index (κ2) is 5.51. The molecule has 1 aromatic heterocycles. The van der Waals surface area contributed by atoms with E-state index >= 15 is 0 Å². The van der Waals surface area contributed by atoms with E-state index in [4.69, 9.17) is 33.7 Å². The fourth-order valence-corrected chi connectivity index (χ4v) is 2.31. The number of hydrogen-bond donors (Lipinski definition) is 2. The van der Waals surface area contributed by atoms with Crippen LogP contribution in [0.2, 0.25) is 10.0 Å². The van der Waals surface area contributed by atoms with Crippen LogP contribution in [0.5, 0.6) is 0 Å². The number of nitrogens with zero attached hydrogens (tertiary/aromatic N) is 1. The lowest BCUT2D eigenvalue weighted by Gasteiger charge is -2.16. The minimum atomic E-state index is 0.297. The zero-order chi connectivity index (χ0) is 13.2. The van der Waals surface area contributed by atoms with Crippen molar-refractivity contribution in [3.8, 4) is 0 Å². The molecule has 0 saturated heterocycles. The minimum Gasteiger partial charge on any atom is -0.385 e. The van der Waals surface area contributed by atoms with Crippen molar-refractivity contribution in [1.29, 1.82) is 0 Å². The Kier molecular flexibility index (Phi) is 4.20. The number of nitrogen functional groups attached to an aromatic ring is 1. The van der Waals surface area contributed by atoms with Gasteiger partial charge < -0.3 is 15.8 Å². The van der Waals surface area contributed by atoms with Crippen molar-refractivity contribution in [1.82, 2.24) is 4.98 Å². The second-order valence-corrected chi connectivity index (χ2v) is 5.60. The minimum absolute atomic E-state index is 0.297. The molecule has 18 heavy (non-hydrogen) atoms. The molecule has 0 radical (unpaired) electrons. The summed E-state index contributed by atoms with van der Waals surface area (Å²) in [4.78, 5) is 4.15. The largest absolute Gasteiger partial charge is 0.385 e. The lowest BCUT2D eigenvalue weighted by atomic mass is 10.0. The van der Waals surface area contributed by atoms with Gasteiger partial charge in [0.2, 0.25) is 0 Å². The number of rotatable bonds is 6. The normalized spacial score (nSPS) is 16.6. The van der Waals surface area contributed by atoms with Gasteiger partial charge in [0.25, 0.3) is 0 Å². The zero-order valence-corrected chi connectivity index (χ0v) is 11.8. The van der Waals surface area contributed by atoms with Gasteiger partial charge in [0.1, 0.15) is 11.6 Å². The zero-order valence-electron chi connectivity index (χ0n) is 10.3. The highest BCUT2D eigenvalue weighted by Crippen LogP contribution is 2.48. The predicted octanol–water partition coefficient (Wildman–Crippen LogP) is 3.20. The molecular formula is C12H17Cl2N3O. The molecule has 1 heterocycles. The highest BCUT2D eigenvalue weighted by Gasteiger charge is 2.41. The van der Waals surface area contributed by atoms with E-state index in [2.05, 4.69) is 10.3 Å². The van der Waals surface area contributed by atoms with Crippen molar-refractivity contribution in [3.63, 3.8) is 0 Å². The maximum absolute atomic E-state index is 6.07. The van der Waals surface area contributed by atoms with Crippen LogP contribution in [0.3, 0.4) is 0 Å². The number of hydrogen-bond acceptors (Lipinski definition) is 4. The topological polar surface area (TPSA) is 60.2 Å². The van der Waals surface area contributed by atoms with Crippen LogP contribution in [0.1, 0.15) is 19.3 Å². The first kappa shape index (κ1) is 13.7. The lowest BCUT2D eigenvalue weighted by Crippen LogP contribution is -2.18. The second-order valence-electron chi connectivity index (χ2n) is 4.78. The number of pyridine rings is 1. The number of halogens is 2. The van der Waals surface area contributed by atoms with Crippen LogP contribution in [0.4, 0.5) is 11.6 Å². The molecule has 0 aliphatic heterocycles. The highest BCUT2D eigenvalue weighted by atomic mass is 35.5. The molecule has 0 bridgehead atoms. The van der Waals surface area contributed by atoms with E-state index in [1.165, 1.54) is 12.8 Å². The van der Waals surface area contributed by atoms with Crippen LogP contribution in [-0.2, 0) is 4.74 Å². The fourth-order valence-electron chi connectivity index (χ4n) is 1.89. The van der Waals surface area contributed by atoms with Crippen LogP contribution in [0.25, 0.3) is 0 Å². The molecule has 0 unspecified atom stereocenters. The summed E-state index contributed by atoms with van der Waals surface area (Å²) in [6.07, 6.45) is 3.48. The molecule has 1 aliphatic rings. The number of nitrogens with one attached hydrogen (secondary N) is 1. The molecule has 100 valence electrons. The number of aromatic nitrogens is 1. The SMILES string of the molecule is COCCC1(CNc2nc(N)c(Cl)cc2Cl)CC1. The van der Waals surface area contributed by atoms with Gasteiger partial charge >= 0.3 is 0 Å². The molecule has 0 spiro atoms. The predicted molar refractivity (Wildman–Crippen MR) is 75.3 cm³/mol. The van der Waals surface area contributed by atoms with E-state index in [0.717, 1.165) is 19.6 Å². The van der Waals surface area contributed by atoms with Crippen molar-refractivity contribution >= 4 is 34.8 Å². The summed E-state index contributed by atoms with van der Waals surface area (Å²) < 4.78 is 5.12. The molecule has 2 rings (SSSR count). The van der Waals surface area contributed by atoms with Crippen molar-refractivity contribution in [3.05, 3.63) is 16.1 Å². The van der Waals surface area contributed by atoms with Crippen molar-refractivity contribution in [2.24, 2.45) is 5.41 Å². The molecule has 6 heteroatoms. The van der Waals surface area contributed by atoms with Gasteiger partial charge in [-0.25, -0.2) is 4.98 Å². The third kappa shape index (κ3) is 3.19. The Balaban J connectivity index is 1.96. The highest BCUT2D eigenvalue weighted by molar-refractivity contribution is 6.37. The quantitative estimate of drug-likeness (QED) is 0.844. The number of nitrogens with two attached hydrogens (primary N) is 1.